The summed E-state index contributed by atoms with van der Waals surface area (Å²) in [5.41, 5.74) is 3.17. The maximum Gasteiger partial charge on any atom is 0.252 e. The Bertz CT molecular complexity index is 776. The third-order valence-electron chi connectivity index (χ3n) is 2.69. The van der Waals surface area contributed by atoms with Crippen LogP contribution in [0.5, 0.6) is 0 Å². The van der Waals surface area contributed by atoms with Crippen LogP contribution >= 0.6 is 0 Å². The molecule has 0 unspecified atom stereocenters. The Morgan fingerprint density at radius 2 is 1.33 bits per heavy atom. The number of rotatable bonds is 0. The first-order valence-corrected chi connectivity index (χ1v) is 8.10. The summed E-state index contributed by atoms with van der Waals surface area (Å²) in [6, 6.07) is 3.96. The standard InChI is InChI=1S/C7H7N3.C6H6N4.2C2H6/c1-6-2-3-7-8-5-9-10(7)4-6;1-5-2-7-6-8-4-9-10(6)3-5;2*1-2/h2-5H,1H3;2-4H,1H3;2*1-2H3. The van der Waals surface area contributed by atoms with Crippen molar-refractivity contribution in [1.29, 1.82) is 0 Å². The van der Waals surface area contributed by atoms with E-state index < -0.39 is 0 Å². The molecule has 4 aromatic heterocycles. The van der Waals surface area contributed by atoms with Crippen LogP contribution in [0.4, 0.5) is 0 Å². The first kappa shape index (κ1) is 19.2. The summed E-state index contributed by atoms with van der Waals surface area (Å²) in [5.74, 6) is 0.644. The van der Waals surface area contributed by atoms with Crippen molar-refractivity contribution in [2.24, 2.45) is 0 Å². The SMILES string of the molecule is CC.CC.Cc1ccc2ncnn2c1.Cc1cnc2ncnn2c1. The van der Waals surface area contributed by atoms with Gasteiger partial charge in [0.15, 0.2) is 5.65 Å². The van der Waals surface area contributed by atoms with E-state index in [1.807, 2.05) is 66.1 Å². The Balaban J connectivity index is 0.000000199. The van der Waals surface area contributed by atoms with Crippen molar-refractivity contribution in [3.05, 3.63) is 54.5 Å². The van der Waals surface area contributed by atoms with Crippen LogP contribution in [-0.2, 0) is 0 Å². The molecular formula is C17H25N7. The molecule has 7 heteroatoms. The Morgan fingerprint density at radius 1 is 0.708 bits per heavy atom. The zero-order chi connectivity index (χ0) is 17.9. The van der Waals surface area contributed by atoms with Crippen molar-refractivity contribution < 1.29 is 0 Å². The van der Waals surface area contributed by atoms with Crippen LogP contribution in [0.1, 0.15) is 38.8 Å². The summed E-state index contributed by atoms with van der Waals surface area (Å²) in [4.78, 5) is 11.9. The van der Waals surface area contributed by atoms with E-state index in [1.54, 1.807) is 21.6 Å². The van der Waals surface area contributed by atoms with Crippen LogP contribution in [0, 0.1) is 13.8 Å². The van der Waals surface area contributed by atoms with E-state index in [0.717, 1.165) is 11.2 Å². The van der Waals surface area contributed by atoms with Crippen molar-refractivity contribution >= 4 is 11.4 Å². The molecule has 7 nitrogen and oxygen atoms in total. The van der Waals surface area contributed by atoms with Gasteiger partial charge >= 0.3 is 0 Å². The van der Waals surface area contributed by atoms with Crippen molar-refractivity contribution in [1.82, 2.24) is 34.2 Å². The molecular weight excluding hydrogens is 302 g/mol. The van der Waals surface area contributed by atoms with Crippen molar-refractivity contribution in [2.75, 3.05) is 0 Å². The Labute approximate surface area is 142 Å². The van der Waals surface area contributed by atoms with Gasteiger partial charge < -0.3 is 0 Å². The summed E-state index contributed by atoms with van der Waals surface area (Å²) >= 11 is 0. The zero-order valence-corrected chi connectivity index (χ0v) is 15.2. The number of aromatic nitrogens is 7. The molecule has 0 spiro atoms. The maximum absolute atomic E-state index is 4.03. The van der Waals surface area contributed by atoms with Crippen LogP contribution in [0.15, 0.2) is 43.4 Å². The van der Waals surface area contributed by atoms with Gasteiger partial charge in [-0.1, -0.05) is 33.8 Å². The summed E-state index contributed by atoms with van der Waals surface area (Å²) < 4.78 is 3.41. The van der Waals surface area contributed by atoms with Crippen molar-refractivity contribution in [3.63, 3.8) is 0 Å². The minimum absolute atomic E-state index is 0.644. The van der Waals surface area contributed by atoms with Gasteiger partial charge in [0.2, 0.25) is 0 Å². The van der Waals surface area contributed by atoms with E-state index in [-0.39, 0.29) is 0 Å². The second-order valence-corrected chi connectivity index (χ2v) is 4.41. The van der Waals surface area contributed by atoms with Crippen LogP contribution < -0.4 is 0 Å². The Hall–Kier alpha value is -2.83. The minimum Gasteiger partial charge on any atom is -0.221 e. The Morgan fingerprint density at radius 3 is 2.08 bits per heavy atom. The third-order valence-corrected chi connectivity index (χ3v) is 2.69. The van der Waals surface area contributed by atoms with Gasteiger partial charge in [0, 0.05) is 18.6 Å². The quantitative estimate of drug-likeness (QED) is 0.494. The van der Waals surface area contributed by atoms with Gasteiger partial charge in [0.1, 0.15) is 12.7 Å². The van der Waals surface area contributed by atoms with Gasteiger partial charge in [-0.3, -0.25) is 0 Å². The lowest BCUT2D eigenvalue weighted by Gasteiger charge is -1.91. The molecule has 0 aliphatic carbocycles. The number of nitrogens with zero attached hydrogens (tertiary/aromatic N) is 7. The molecule has 0 bridgehead atoms. The average molecular weight is 327 g/mol. The first-order chi connectivity index (χ1) is 11.7. The molecule has 0 radical (unpaired) electrons. The third kappa shape index (κ3) is 5.12. The van der Waals surface area contributed by atoms with Crippen molar-refractivity contribution in [3.8, 4) is 0 Å². The predicted octanol–water partition coefficient (Wildman–Crippen LogP) is 3.52. The average Bonchev–Trinajstić information content (AvgIpc) is 3.27. The molecule has 0 aliphatic rings. The predicted molar refractivity (Wildman–Crippen MR) is 95.9 cm³/mol. The smallest absolute Gasteiger partial charge is 0.221 e. The lowest BCUT2D eigenvalue weighted by atomic mass is 10.3. The van der Waals surface area contributed by atoms with Gasteiger partial charge in [0.25, 0.3) is 5.78 Å². The highest BCUT2D eigenvalue weighted by Gasteiger charge is 1.93. The lowest BCUT2D eigenvalue weighted by Crippen LogP contribution is -1.90. The van der Waals surface area contributed by atoms with E-state index in [0.29, 0.717) is 5.78 Å². The second kappa shape index (κ2) is 10.0. The van der Waals surface area contributed by atoms with E-state index in [9.17, 15) is 0 Å². The topological polar surface area (TPSA) is 73.3 Å². The number of aryl methyl sites for hydroxylation is 2. The molecule has 128 valence electrons. The fourth-order valence-electron chi connectivity index (χ4n) is 1.73. The monoisotopic (exact) mass is 327 g/mol. The van der Waals surface area contributed by atoms with Crippen molar-refractivity contribution in [2.45, 2.75) is 41.5 Å². The van der Waals surface area contributed by atoms with E-state index in [1.165, 1.54) is 11.9 Å². The molecule has 4 heterocycles. The number of hydrogen-bond donors (Lipinski definition) is 0. The van der Waals surface area contributed by atoms with E-state index in [2.05, 4.69) is 25.1 Å². The number of pyridine rings is 1. The van der Waals surface area contributed by atoms with E-state index >= 15 is 0 Å². The Kier molecular flexibility index (Phi) is 8.04. The maximum atomic E-state index is 4.03. The van der Waals surface area contributed by atoms with Gasteiger partial charge in [0.05, 0.1) is 0 Å². The molecule has 0 saturated carbocycles. The molecule has 0 amide bonds. The van der Waals surface area contributed by atoms with Gasteiger partial charge in [-0.2, -0.15) is 15.2 Å². The minimum atomic E-state index is 0.644. The van der Waals surface area contributed by atoms with E-state index in [4.69, 9.17) is 0 Å². The first-order valence-electron chi connectivity index (χ1n) is 8.10. The molecule has 4 rings (SSSR count). The summed E-state index contributed by atoms with van der Waals surface area (Å²) in [6.07, 6.45) is 8.64. The zero-order valence-electron chi connectivity index (χ0n) is 15.2. The van der Waals surface area contributed by atoms with Gasteiger partial charge in [-0.05, 0) is 31.0 Å². The molecule has 0 aromatic carbocycles. The molecule has 24 heavy (non-hydrogen) atoms. The number of fused-ring (bicyclic) bond motifs is 2. The molecule has 4 aromatic rings. The fraction of sp³-hybridized carbons (Fsp3) is 0.353. The number of hydrogen-bond acceptors (Lipinski definition) is 5. The van der Waals surface area contributed by atoms with Gasteiger partial charge in [-0.15, -0.1) is 0 Å². The summed E-state index contributed by atoms with van der Waals surface area (Å²) in [5, 5.41) is 7.91. The summed E-state index contributed by atoms with van der Waals surface area (Å²) in [6.45, 7) is 12.0. The molecule has 0 N–H and O–H groups in total. The molecule has 0 atom stereocenters. The van der Waals surface area contributed by atoms with Gasteiger partial charge in [-0.25, -0.2) is 19.0 Å². The fourth-order valence-corrected chi connectivity index (χ4v) is 1.73. The highest BCUT2D eigenvalue weighted by molar-refractivity contribution is 5.36. The molecule has 0 saturated heterocycles. The normalized spacial score (nSPS) is 9.25. The highest BCUT2D eigenvalue weighted by Crippen LogP contribution is 1.99. The highest BCUT2D eigenvalue weighted by atomic mass is 15.3. The lowest BCUT2D eigenvalue weighted by molar-refractivity contribution is 0.927. The van der Waals surface area contributed by atoms with Crippen LogP contribution in [0.3, 0.4) is 0 Å². The second-order valence-electron chi connectivity index (χ2n) is 4.41. The largest absolute Gasteiger partial charge is 0.252 e. The van der Waals surface area contributed by atoms with Crippen LogP contribution in [0.2, 0.25) is 0 Å². The van der Waals surface area contributed by atoms with Crippen LogP contribution in [0.25, 0.3) is 11.4 Å². The summed E-state index contributed by atoms with van der Waals surface area (Å²) in [7, 11) is 0. The molecule has 0 fully saturated rings. The van der Waals surface area contributed by atoms with Crippen LogP contribution in [-0.4, -0.2) is 34.2 Å². The molecule has 0 aliphatic heterocycles.